The number of amides is 1. The number of aryl methyl sites for hydroxylation is 2. The van der Waals surface area contributed by atoms with Crippen molar-refractivity contribution in [1.29, 1.82) is 0 Å². The van der Waals surface area contributed by atoms with Gasteiger partial charge in [0.2, 0.25) is 5.95 Å². The van der Waals surface area contributed by atoms with Crippen LogP contribution in [0.4, 0.5) is 11.6 Å². The van der Waals surface area contributed by atoms with Crippen molar-refractivity contribution in [3.63, 3.8) is 0 Å². The van der Waals surface area contributed by atoms with E-state index in [1.54, 1.807) is 30.3 Å². The molecule has 2 heterocycles. The standard InChI is InChI=1S/C23H21N5O5S/c1-15-21(16(2)33-27-15)14-32-19-8-4-17(5-9-19)22(29)26-18-6-10-20(11-7-18)34(30,31)28-23-24-12-3-13-25-23/h3-13H,14H2,1-2H3,(H,26,29)(H,24,25,28). The first-order valence-electron chi connectivity index (χ1n) is 10.2. The first-order chi connectivity index (χ1) is 16.3. The van der Waals surface area contributed by atoms with Crippen LogP contribution >= 0.6 is 0 Å². The number of rotatable bonds is 8. The molecule has 2 aromatic heterocycles. The highest BCUT2D eigenvalue weighted by molar-refractivity contribution is 7.92. The highest BCUT2D eigenvalue weighted by Crippen LogP contribution is 2.20. The fourth-order valence-corrected chi connectivity index (χ4v) is 3.98. The van der Waals surface area contributed by atoms with E-state index in [0.717, 1.165) is 11.3 Å². The highest BCUT2D eigenvalue weighted by Gasteiger charge is 2.16. The van der Waals surface area contributed by atoms with Crippen molar-refractivity contribution < 1.29 is 22.5 Å². The lowest BCUT2D eigenvalue weighted by molar-refractivity contribution is 0.102. The molecule has 0 unspecified atom stereocenters. The molecule has 0 aliphatic carbocycles. The Morgan fingerprint density at radius 1 is 1.00 bits per heavy atom. The molecule has 0 radical (unpaired) electrons. The van der Waals surface area contributed by atoms with Gasteiger partial charge in [-0.1, -0.05) is 5.16 Å². The van der Waals surface area contributed by atoms with Gasteiger partial charge in [0.15, 0.2) is 0 Å². The zero-order valence-electron chi connectivity index (χ0n) is 18.3. The minimum atomic E-state index is -3.85. The molecule has 0 atom stereocenters. The number of hydrogen-bond donors (Lipinski definition) is 2. The van der Waals surface area contributed by atoms with E-state index in [0.29, 0.717) is 29.4 Å². The number of carbonyl (C=O) groups excluding carboxylic acids is 1. The molecule has 0 fully saturated rings. The van der Waals surface area contributed by atoms with E-state index in [4.69, 9.17) is 9.26 Å². The summed E-state index contributed by atoms with van der Waals surface area (Å²) in [5.74, 6) is 0.931. The molecule has 1 amide bonds. The van der Waals surface area contributed by atoms with Gasteiger partial charge in [-0.3, -0.25) is 4.79 Å². The number of sulfonamides is 1. The van der Waals surface area contributed by atoms with Crippen LogP contribution in [0, 0.1) is 13.8 Å². The summed E-state index contributed by atoms with van der Waals surface area (Å²) in [6.45, 7) is 3.98. The van der Waals surface area contributed by atoms with Crippen LogP contribution in [0.2, 0.25) is 0 Å². The third kappa shape index (κ3) is 5.38. The fourth-order valence-electron chi connectivity index (χ4n) is 3.02. The molecule has 0 saturated heterocycles. The maximum atomic E-state index is 12.6. The molecule has 2 aromatic carbocycles. The van der Waals surface area contributed by atoms with Crippen LogP contribution in [-0.4, -0.2) is 29.4 Å². The summed E-state index contributed by atoms with van der Waals surface area (Å²) in [5, 5.41) is 6.63. The summed E-state index contributed by atoms with van der Waals surface area (Å²) < 4.78 is 38.1. The van der Waals surface area contributed by atoms with Crippen molar-refractivity contribution in [2.75, 3.05) is 10.0 Å². The van der Waals surface area contributed by atoms with Crippen molar-refractivity contribution in [2.24, 2.45) is 0 Å². The van der Waals surface area contributed by atoms with Gasteiger partial charge in [0.05, 0.1) is 16.2 Å². The van der Waals surface area contributed by atoms with Gasteiger partial charge < -0.3 is 14.6 Å². The van der Waals surface area contributed by atoms with Crippen LogP contribution in [0.1, 0.15) is 27.4 Å². The second-order valence-electron chi connectivity index (χ2n) is 7.27. The summed E-state index contributed by atoms with van der Waals surface area (Å²) >= 11 is 0. The van der Waals surface area contributed by atoms with Gasteiger partial charge >= 0.3 is 0 Å². The zero-order valence-corrected chi connectivity index (χ0v) is 19.2. The molecular weight excluding hydrogens is 458 g/mol. The van der Waals surface area contributed by atoms with E-state index in [9.17, 15) is 13.2 Å². The molecule has 2 N–H and O–H groups in total. The number of benzene rings is 2. The lowest BCUT2D eigenvalue weighted by Gasteiger charge is -2.09. The van der Waals surface area contributed by atoms with Gasteiger partial charge in [-0.25, -0.2) is 23.1 Å². The Morgan fingerprint density at radius 2 is 1.68 bits per heavy atom. The summed E-state index contributed by atoms with van der Waals surface area (Å²) in [7, 11) is -3.85. The summed E-state index contributed by atoms with van der Waals surface area (Å²) in [6.07, 6.45) is 2.86. The number of carbonyl (C=O) groups is 1. The Balaban J connectivity index is 1.36. The Morgan fingerprint density at radius 3 is 2.29 bits per heavy atom. The van der Waals surface area contributed by atoms with E-state index < -0.39 is 10.0 Å². The van der Waals surface area contributed by atoms with E-state index in [1.807, 2.05) is 13.8 Å². The van der Waals surface area contributed by atoms with Gasteiger partial charge in [-0.15, -0.1) is 0 Å². The molecule has 34 heavy (non-hydrogen) atoms. The molecule has 10 nitrogen and oxygen atoms in total. The van der Waals surface area contributed by atoms with Gasteiger partial charge in [-0.2, -0.15) is 0 Å². The summed E-state index contributed by atoms with van der Waals surface area (Å²) in [4.78, 5) is 20.3. The average Bonchev–Trinajstić information content (AvgIpc) is 3.15. The van der Waals surface area contributed by atoms with Crippen LogP contribution in [0.3, 0.4) is 0 Å². The lowest BCUT2D eigenvalue weighted by Crippen LogP contribution is -2.15. The second kappa shape index (κ2) is 9.71. The minimum absolute atomic E-state index is 0.0118. The van der Waals surface area contributed by atoms with Crippen LogP contribution in [0.25, 0.3) is 0 Å². The molecule has 0 saturated carbocycles. The predicted octanol–water partition coefficient (Wildman–Crippen LogP) is 3.71. The van der Waals surface area contributed by atoms with Gasteiger partial charge in [-0.05, 0) is 68.4 Å². The largest absolute Gasteiger partial charge is 0.489 e. The van der Waals surface area contributed by atoms with Crippen molar-refractivity contribution >= 4 is 27.6 Å². The van der Waals surface area contributed by atoms with E-state index in [-0.39, 0.29) is 16.8 Å². The number of aromatic nitrogens is 3. The number of nitrogens with zero attached hydrogens (tertiary/aromatic N) is 3. The maximum absolute atomic E-state index is 12.6. The molecule has 0 aliphatic heterocycles. The lowest BCUT2D eigenvalue weighted by atomic mass is 10.2. The van der Waals surface area contributed by atoms with Crippen molar-refractivity contribution in [3.05, 3.63) is 89.6 Å². The van der Waals surface area contributed by atoms with Crippen LogP contribution < -0.4 is 14.8 Å². The molecule has 4 aromatic rings. The minimum Gasteiger partial charge on any atom is -0.489 e. The Kier molecular flexibility index (Phi) is 6.55. The first kappa shape index (κ1) is 22.9. The van der Waals surface area contributed by atoms with Crippen LogP contribution in [0.5, 0.6) is 5.75 Å². The SMILES string of the molecule is Cc1noc(C)c1COc1ccc(C(=O)Nc2ccc(S(=O)(=O)Nc3ncccn3)cc2)cc1. The molecule has 0 aliphatic rings. The van der Waals surface area contributed by atoms with E-state index in [1.165, 1.54) is 36.7 Å². The molecule has 0 bridgehead atoms. The predicted molar refractivity (Wildman–Crippen MR) is 124 cm³/mol. The average molecular weight is 480 g/mol. The summed E-state index contributed by atoms with van der Waals surface area (Å²) in [5.41, 5.74) is 2.53. The zero-order chi connectivity index (χ0) is 24.1. The molecule has 4 rings (SSSR count). The van der Waals surface area contributed by atoms with Crippen LogP contribution in [-0.2, 0) is 16.6 Å². The van der Waals surface area contributed by atoms with Crippen LogP contribution in [0.15, 0.2) is 76.4 Å². The third-order valence-corrected chi connectivity index (χ3v) is 6.24. The normalized spacial score (nSPS) is 11.1. The molecule has 11 heteroatoms. The number of nitrogens with one attached hydrogen (secondary N) is 2. The Labute approximate surface area is 196 Å². The summed E-state index contributed by atoms with van der Waals surface area (Å²) in [6, 6.07) is 14.0. The second-order valence-corrected chi connectivity index (χ2v) is 8.95. The number of ether oxygens (including phenoxy) is 1. The van der Waals surface area contributed by atoms with Gasteiger partial charge in [0.25, 0.3) is 15.9 Å². The Bertz CT molecular complexity index is 1370. The quantitative estimate of drug-likeness (QED) is 0.390. The van der Waals surface area contributed by atoms with E-state index >= 15 is 0 Å². The molecule has 0 spiro atoms. The van der Waals surface area contributed by atoms with Crippen molar-refractivity contribution in [3.8, 4) is 5.75 Å². The van der Waals surface area contributed by atoms with Crippen molar-refractivity contribution in [2.45, 2.75) is 25.3 Å². The molecular formula is C23H21N5O5S. The third-order valence-electron chi connectivity index (χ3n) is 4.89. The maximum Gasteiger partial charge on any atom is 0.264 e. The topological polar surface area (TPSA) is 136 Å². The molecule has 174 valence electrons. The van der Waals surface area contributed by atoms with Gasteiger partial charge in [0, 0.05) is 23.6 Å². The van der Waals surface area contributed by atoms with Crippen molar-refractivity contribution in [1.82, 2.24) is 15.1 Å². The Hall–Kier alpha value is -4.25. The fraction of sp³-hybridized carbons (Fsp3) is 0.130. The number of anilines is 2. The smallest absolute Gasteiger partial charge is 0.264 e. The van der Waals surface area contributed by atoms with E-state index in [2.05, 4.69) is 25.2 Å². The number of hydrogen-bond acceptors (Lipinski definition) is 8. The highest BCUT2D eigenvalue weighted by atomic mass is 32.2. The van der Waals surface area contributed by atoms with Gasteiger partial charge in [0.1, 0.15) is 18.1 Å². The first-order valence-corrected chi connectivity index (χ1v) is 11.7. The monoisotopic (exact) mass is 479 g/mol.